The molecule has 5 N–H and O–H groups in total. The van der Waals surface area contributed by atoms with E-state index in [1.165, 1.54) is 0 Å². The zero-order chi connectivity index (χ0) is 15.0. The zero-order valence-electron chi connectivity index (χ0n) is 12.6. The second-order valence-corrected chi connectivity index (χ2v) is 4.90. The lowest BCUT2D eigenvalue weighted by molar-refractivity contribution is 0.690. The number of anilines is 1. The smallest absolute Gasteiger partial charge is 0.199 e. The number of nitrogens with one attached hydrogen (secondary N) is 5. The van der Waals surface area contributed by atoms with E-state index in [1.54, 1.807) is 0 Å². The van der Waals surface area contributed by atoms with Crippen molar-refractivity contribution >= 4 is 17.6 Å². The molecule has 0 saturated heterocycles. The van der Waals surface area contributed by atoms with Gasteiger partial charge in [0.25, 0.3) is 0 Å². The fourth-order valence-corrected chi connectivity index (χ4v) is 1.93. The summed E-state index contributed by atoms with van der Waals surface area (Å²) in [7, 11) is 0. The molecule has 1 aromatic rings. The first-order valence-corrected chi connectivity index (χ1v) is 7.05. The van der Waals surface area contributed by atoms with Crippen molar-refractivity contribution in [2.75, 3.05) is 11.9 Å². The SMILES string of the molecule is CCCCCNC(=N)NC(=N)Nc1c(C)cccc1C. The van der Waals surface area contributed by atoms with Crippen LogP contribution in [-0.4, -0.2) is 18.5 Å². The molecule has 0 saturated carbocycles. The topological polar surface area (TPSA) is 83.8 Å². The molecule has 110 valence electrons. The Kier molecular flexibility index (Phi) is 6.56. The van der Waals surface area contributed by atoms with Gasteiger partial charge < -0.3 is 10.6 Å². The second kappa shape index (κ2) is 8.19. The van der Waals surface area contributed by atoms with Gasteiger partial charge in [-0.2, -0.15) is 0 Å². The highest BCUT2D eigenvalue weighted by atomic mass is 15.2. The Labute approximate surface area is 121 Å². The van der Waals surface area contributed by atoms with Crippen LogP contribution in [-0.2, 0) is 0 Å². The van der Waals surface area contributed by atoms with Crippen LogP contribution in [0.4, 0.5) is 5.69 Å². The average Bonchev–Trinajstić information content (AvgIpc) is 2.39. The van der Waals surface area contributed by atoms with Crippen molar-refractivity contribution in [3.05, 3.63) is 29.3 Å². The van der Waals surface area contributed by atoms with Crippen LogP contribution in [0.2, 0.25) is 0 Å². The summed E-state index contributed by atoms with van der Waals surface area (Å²) in [5.41, 5.74) is 3.08. The molecule has 1 aromatic carbocycles. The molecular weight excluding hydrogens is 250 g/mol. The van der Waals surface area contributed by atoms with Gasteiger partial charge in [-0.25, -0.2) is 0 Å². The van der Waals surface area contributed by atoms with Gasteiger partial charge in [0.05, 0.1) is 0 Å². The van der Waals surface area contributed by atoms with E-state index in [9.17, 15) is 0 Å². The molecule has 5 heteroatoms. The van der Waals surface area contributed by atoms with Crippen LogP contribution >= 0.6 is 0 Å². The molecule has 1 rings (SSSR count). The van der Waals surface area contributed by atoms with Gasteiger partial charge in [-0.15, -0.1) is 0 Å². The lowest BCUT2D eigenvalue weighted by Crippen LogP contribution is -2.43. The predicted molar refractivity (Wildman–Crippen MR) is 85.7 cm³/mol. The highest BCUT2D eigenvalue weighted by Gasteiger charge is 2.05. The standard InChI is InChI=1S/C15H25N5/c1-4-5-6-10-18-14(16)20-15(17)19-13-11(2)8-7-9-12(13)3/h7-9H,4-6,10H2,1-3H3,(H5,16,17,18,19,20). The summed E-state index contributed by atoms with van der Waals surface area (Å²) in [5, 5.41) is 24.2. The molecule has 5 nitrogen and oxygen atoms in total. The molecule has 0 aliphatic rings. The zero-order valence-corrected chi connectivity index (χ0v) is 12.6. The van der Waals surface area contributed by atoms with Crippen LogP contribution in [0.3, 0.4) is 0 Å². The molecule has 0 heterocycles. The first-order valence-electron chi connectivity index (χ1n) is 7.05. The summed E-state index contributed by atoms with van der Waals surface area (Å²) in [4.78, 5) is 0. The highest BCUT2D eigenvalue weighted by Crippen LogP contribution is 2.18. The molecular formula is C15H25N5. The molecule has 0 aliphatic heterocycles. The summed E-state index contributed by atoms with van der Waals surface area (Å²) in [6, 6.07) is 5.98. The Morgan fingerprint density at radius 3 is 2.30 bits per heavy atom. The van der Waals surface area contributed by atoms with Crippen molar-refractivity contribution in [2.45, 2.75) is 40.0 Å². The van der Waals surface area contributed by atoms with Crippen molar-refractivity contribution in [3.8, 4) is 0 Å². The van der Waals surface area contributed by atoms with Gasteiger partial charge in [0, 0.05) is 12.2 Å². The van der Waals surface area contributed by atoms with E-state index in [0.29, 0.717) is 0 Å². The third-order valence-electron chi connectivity index (χ3n) is 3.06. The molecule has 20 heavy (non-hydrogen) atoms. The molecule has 0 atom stereocenters. The average molecular weight is 275 g/mol. The van der Waals surface area contributed by atoms with Gasteiger partial charge in [-0.1, -0.05) is 38.0 Å². The van der Waals surface area contributed by atoms with Gasteiger partial charge in [0.15, 0.2) is 11.9 Å². The Morgan fingerprint density at radius 2 is 1.70 bits per heavy atom. The Bertz CT molecular complexity index is 447. The van der Waals surface area contributed by atoms with Crippen LogP contribution in [0.1, 0.15) is 37.3 Å². The number of benzene rings is 1. The molecule has 0 bridgehead atoms. The van der Waals surface area contributed by atoms with Crippen molar-refractivity contribution in [2.24, 2.45) is 0 Å². The van der Waals surface area contributed by atoms with Gasteiger partial charge >= 0.3 is 0 Å². The Hall–Kier alpha value is -2.04. The Balaban J connectivity index is 2.42. The molecule has 0 unspecified atom stereocenters. The summed E-state index contributed by atoms with van der Waals surface area (Å²) in [6.07, 6.45) is 3.35. The fraction of sp³-hybridized carbons (Fsp3) is 0.467. The second-order valence-electron chi connectivity index (χ2n) is 4.90. The maximum absolute atomic E-state index is 7.86. The summed E-state index contributed by atoms with van der Waals surface area (Å²) in [6.45, 7) is 6.90. The van der Waals surface area contributed by atoms with Gasteiger partial charge in [0.2, 0.25) is 0 Å². The summed E-state index contributed by atoms with van der Waals surface area (Å²) < 4.78 is 0. The lowest BCUT2D eigenvalue weighted by Gasteiger charge is -2.15. The van der Waals surface area contributed by atoms with E-state index >= 15 is 0 Å². The van der Waals surface area contributed by atoms with Crippen molar-refractivity contribution < 1.29 is 0 Å². The van der Waals surface area contributed by atoms with Crippen molar-refractivity contribution in [1.29, 1.82) is 10.8 Å². The first kappa shape index (κ1) is 16.0. The van der Waals surface area contributed by atoms with Crippen LogP contribution < -0.4 is 16.0 Å². The maximum atomic E-state index is 7.86. The highest BCUT2D eigenvalue weighted by molar-refractivity contribution is 6.03. The summed E-state index contributed by atoms with van der Waals surface area (Å²) in [5.74, 6) is 0.264. The Morgan fingerprint density at radius 1 is 1.05 bits per heavy atom. The molecule has 0 aliphatic carbocycles. The van der Waals surface area contributed by atoms with Gasteiger partial charge in [-0.3, -0.25) is 16.1 Å². The third kappa shape index (κ3) is 5.30. The molecule has 0 fully saturated rings. The predicted octanol–water partition coefficient (Wildman–Crippen LogP) is 2.95. The maximum Gasteiger partial charge on any atom is 0.199 e. The van der Waals surface area contributed by atoms with E-state index in [0.717, 1.165) is 42.6 Å². The van der Waals surface area contributed by atoms with E-state index in [2.05, 4.69) is 22.9 Å². The third-order valence-corrected chi connectivity index (χ3v) is 3.06. The van der Waals surface area contributed by atoms with Crippen LogP contribution in [0.15, 0.2) is 18.2 Å². The van der Waals surface area contributed by atoms with Crippen molar-refractivity contribution in [3.63, 3.8) is 0 Å². The van der Waals surface area contributed by atoms with E-state index < -0.39 is 0 Å². The van der Waals surface area contributed by atoms with Crippen LogP contribution in [0.25, 0.3) is 0 Å². The number of rotatable bonds is 5. The normalized spacial score (nSPS) is 9.95. The largest absolute Gasteiger partial charge is 0.356 e. The minimum atomic E-state index is 0.107. The van der Waals surface area contributed by atoms with E-state index in [-0.39, 0.29) is 11.9 Å². The first-order chi connectivity index (χ1) is 9.54. The fourth-order valence-electron chi connectivity index (χ4n) is 1.93. The summed E-state index contributed by atoms with van der Waals surface area (Å²) >= 11 is 0. The molecule has 0 amide bonds. The van der Waals surface area contributed by atoms with Crippen LogP contribution in [0, 0.1) is 24.7 Å². The quantitative estimate of drug-likeness (QED) is 0.325. The number of guanidine groups is 2. The number of para-hydroxylation sites is 1. The molecule has 0 spiro atoms. The number of unbranched alkanes of at least 4 members (excludes halogenated alkanes) is 2. The molecule has 0 radical (unpaired) electrons. The van der Waals surface area contributed by atoms with E-state index in [1.807, 2.05) is 32.0 Å². The lowest BCUT2D eigenvalue weighted by atomic mass is 10.1. The minimum absolute atomic E-state index is 0.107. The van der Waals surface area contributed by atoms with Crippen LogP contribution in [0.5, 0.6) is 0 Å². The monoisotopic (exact) mass is 275 g/mol. The number of hydrogen-bond acceptors (Lipinski definition) is 2. The van der Waals surface area contributed by atoms with Crippen molar-refractivity contribution in [1.82, 2.24) is 10.6 Å². The number of aryl methyl sites for hydroxylation is 2. The number of hydrogen-bond donors (Lipinski definition) is 5. The minimum Gasteiger partial charge on any atom is -0.356 e. The van der Waals surface area contributed by atoms with Gasteiger partial charge in [-0.05, 0) is 31.4 Å². The van der Waals surface area contributed by atoms with E-state index in [4.69, 9.17) is 10.8 Å². The molecule has 0 aromatic heterocycles. The van der Waals surface area contributed by atoms with Gasteiger partial charge in [0.1, 0.15) is 0 Å².